The van der Waals surface area contributed by atoms with Crippen LogP contribution in [-0.4, -0.2) is 32.7 Å². The lowest BCUT2D eigenvalue weighted by Gasteiger charge is -2.08. The molecule has 0 aromatic carbocycles. The molecule has 0 aliphatic heterocycles. The van der Waals surface area contributed by atoms with Gasteiger partial charge in [-0.3, -0.25) is 4.79 Å². The molecule has 0 saturated heterocycles. The third-order valence-corrected chi connectivity index (χ3v) is 1.98. The van der Waals surface area contributed by atoms with Gasteiger partial charge in [0.05, 0.1) is 18.2 Å². The number of H-pyrrole nitrogens is 1. The number of carboxylic acid groups (broad SMARTS) is 1. The molecule has 0 radical (unpaired) electrons. The zero-order valence-corrected chi connectivity index (χ0v) is 7.71. The van der Waals surface area contributed by atoms with E-state index in [0.29, 0.717) is 0 Å². The standard InChI is InChI=1S/C7H10N4O4/c8-2-4(1-6(12)13)5-3-9-10-7(5)11(14)15/h3-4H,1-2,8H2,(H,9,10)(H,12,13). The largest absolute Gasteiger partial charge is 0.481 e. The molecule has 8 nitrogen and oxygen atoms in total. The van der Waals surface area contributed by atoms with E-state index in [1.807, 2.05) is 0 Å². The predicted octanol–water partition coefficient (Wildman–Crippen LogP) is -0.165. The maximum Gasteiger partial charge on any atom is 0.346 e. The van der Waals surface area contributed by atoms with Crippen molar-refractivity contribution in [3.63, 3.8) is 0 Å². The van der Waals surface area contributed by atoms with Crippen molar-refractivity contribution in [2.45, 2.75) is 12.3 Å². The Morgan fingerprint density at radius 1 is 1.80 bits per heavy atom. The second-order valence-electron chi connectivity index (χ2n) is 2.96. The van der Waals surface area contributed by atoms with E-state index in [1.54, 1.807) is 0 Å². The van der Waals surface area contributed by atoms with Gasteiger partial charge in [0.25, 0.3) is 0 Å². The summed E-state index contributed by atoms with van der Waals surface area (Å²) in [4.78, 5) is 20.4. The van der Waals surface area contributed by atoms with Crippen molar-refractivity contribution in [2.75, 3.05) is 6.54 Å². The minimum atomic E-state index is -1.05. The number of nitrogens with zero attached hydrogens (tertiary/aromatic N) is 2. The molecule has 0 bridgehead atoms. The van der Waals surface area contributed by atoms with Crippen LogP contribution < -0.4 is 5.73 Å². The summed E-state index contributed by atoms with van der Waals surface area (Å²) in [7, 11) is 0. The van der Waals surface area contributed by atoms with Gasteiger partial charge in [0.2, 0.25) is 0 Å². The normalized spacial score (nSPS) is 12.3. The molecule has 1 aromatic rings. The van der Waals surface area contributed by atoms with Gasteiger partial charge in [0.15, 0.2) is 0 Å². The molecular weight excluding hydrogens is 204 g/mol. The van der Waals surface area contributed by atoms with Gasteiger partial charge in [-0.1, -0.05) is 5.10 Å². The van der Waals surface area contributed by atoms with Crippen molar-refractivity contribution < 1.29 is 14.8 Å². The molecule has 8 heteroatoms. The molecular formula is C7H10N4O4. The van der Waals surface area contributed by atoms with E-state index in [9.17, 15) is 14.9 Å². The van der Waals surface area contributed by atoms with Crippen LogP contribution in [0.5, 0.6) is 0 Å². The number of carbonyl (C=O) groups is 1. The highest BCUT2D eigenvalue weighted by Crippen LogP contribution is 2.25. The van der Waals surface area contributed by atoms with Gasteiger partial charge in [0, 0.05) is 12.5 Å². The van der Waals surface area contributed by atoms with E-state index in [1.165, 1.54) is 6.20 Å². The minimum Gasteiger partial charge on any atom is -0.481 e. The first kappa shape index (κ1) is 11.1. The Labute approximate surface area is 84.2 Å². The van der Waals surface area contributed by atoms with Crippen LogP contribution in [0.25, 0.3) is 0 Å². The van der Waals surface area contributed by atoms with E-state index in [-0.39, 0.29) is 24.3 Å². The summed E-state index contributed by atoms with van der Waals surface area (Å²) in [5.74, 6) is -1.95. The number of nitro groups is 1. The second-order valence-corrected chi connectivity index (χ2v) is 2.96. The van der Waals surface area contributed by atoms with Gasteiger partial charge in [-0.2, -0.15) is 0 Å². The molecule has 1 aromatic heterocycles. The monoisotopic (exact) mass is 214 g/mol. The fraction of sp³-hybridized carbons (Fsp3) is 0.429. The van der Waals surface area contributed by atoms with E-state index in [4.69, 9.17) is 10.8 Å². The molecule has 1 atom stereocenters. The summed E-state index contributed by atoms with van der Waals surface area (Å²) < 4.78 is 0. The molecule has 0 amide bonds. The van der Waals surface area contributed by atoms with Crippen molar-refractivity contribution in [1.29, 1.82) is 0 Å². The number of carboxylic acids is 1. The van der Waals surface area contributed by atoms with Crippen molar-refractivity contribution >= 4 is 11.8 Å². The Hall–Kier alpha value is -1.96. The maximum absolute atomic E-state index is 10.5. The highest BCUT2D eigenvalue weighted by atomic mass is 16.6. The third-order valence-electron chi connectivity index (χ3n) is 1.98. The Morgan fingerprint density at radius 3 is 2.93 bits per heavy atom. The quantitative estimate of drug-likeness (QED) is 0.460. The number of aliphatic carboxylic acids is 1. The SMILES string of the molecule is NCC(CC(=O)O)c1cn[nH]c1[N+](=O)[O-]. The van der Waals surface area contributed by atoms with Gasteiger partial charge < -0.3 is 21.0 Å². The molecule has 1 rings (SSSR count). The molecule has 0 spiro atoms. The average Bonchev–Trinajstić information content (AvgIpc) is 2.62. The Balaban J connectivity index is 2.96. The summed E-state index contributed by atoms with van der Waals surface area (Å²) in [6, 6.07) is 0. The predicted molar refractivity (Wildman–Crippen MR) is 49.3 cm³/mol. The van der Waals surface area contributed by atoms with Crippen LogP contribution in [0.1, 0.15) is 17.9 Å². The molecule has 0 fully saturated rings. The Bertz CT molecular complexity index is 375. The van der Waals surface area contributed by atoms with Crippen LogP contribution in [0.4, 0.5) is 5.82 Å². The van der Waals surface area contributed by atoms with Crippen LogP contribution in [0.15, 0.2) is 6.20 Å². The highest BCUT2D eigenvalue weighted by molar-refractivity contribution is 5.68. The van der Waals surface area contributed by atoms with Crippen LogP contribution in [0, 0.1) is 10.1 Å². The summed E-state index contributed by atoms with van der Waals surface area (Å²) in [6.45, 7) is 0.0205. The molecule has 0 aliphatic rings. The zero-order chi connectivity index (χ0) is 11.4. The highest BCUT2D eigenvalue weighted by Gasteiger charge is 2.24. The molecule has 0 aliphatic carbocycles. The van der Waals surface area contributed by atoms with Gasteiger partial charge in [-0.15, -0.1) is 5.10 Å². The van der Waals surface area contributed by atoms with Crippen LogP contribution >= 0.6 is 0 Å². The summed E-state index contributed by atoms with van der Waals surface area (Å²) in [5, 5.41) is 24.8. The van der Waals surface area contributed by atoms with Crippen molar-refractivity contribution in [3.8, 4) is 0 Å². The topological polar surface area (TPSA) is 135 Å². The number of nitrogens with one attached hydrogen (secondary N) is 1. The fourth-order valence-electron chi connectivity index (χ4n) is 1.26. The molecule has 4 N–H and O–H groups in total. The van der Waals surface area contributed by atoms with E-state index >= 15 is 0 Å². The number of hydrogen-bond donors (Lipinski definition) is 3. The first-order chi connectivity index (χ1) is 7.06. The molecule has 1 unspecified atom stereocenters. The lowest BCUT2D eigenvalue weighted by molar-refractivity contribution is -0.390. The maximum atomic E-state index is 10.5. The molecule has 82 valence electrons. The Morgan fingerprint density at radius 2 is 2.47 bits per heavy atom. The number of aromatic amines is 1. The minimum absolute atomic E-state index is 0.0205. The molecule has 0 saturated carbocycles. The lowest BCUT2D eigenvalue weighted by Crippen LogP contribution is -2.16. The molecule has 15 heavy (non-hydrogen) atoms. The van der Waals surface area contributed by atoms with Gasteiger partial charge >= 0.3 is 11.8 Å². The average molecular weight is 214 g/mol. The summed E-state index contributed by atoms with van der Waals surface area (Å²) in [6.07, 6.45) is 0.982. The van der Waals surface area contributed by atoms with E-state index in [2.05, 4.69) is 10.2 Å². The van der Waals surface area contributed by atoms with Crippen LogP contribution in [-0.2, 0) is 4.79 Å². The Kier molecular flexibility index (Phi) is 3.34. The first-order valence-corrected chi connectivity index (χ1v) is 4.15. The second kappa shape index (κ2) is 4.51. The van der Waals surface area contributed by atoms with Gasteiger partial charge in [-0.05, 0) is 4.92 Å². The third kappa shape index (κ3) is 2.50. The molecule has 1 heterocycles. The van der Waals surface area contributed by atoms with Crippen LogP contribution in [0.3, 0.4) is 0 Å². The van der Waals surface area contributed by atoms with Crippen LogP contribution in [0.2, 0.25) is 0 Å². The van der Waals surface area contributed by atoms with Gasteiger partial charge in [0.1, 0.15) is 0 Å². The summed E-state index contributed by atoms with van der Waals surface area (Å²) >= 11 is 0. The lowest BCUT2D eigenvalue weighted by atomic mass is 9.98. The van der Waals surface area contributed by atoms with Crippen molar-refractivity contribution in [1.82, 2.24) is 10.2 Å². The van der Waals surface area contributed by atoms with E-state index < -0.39 is 16.8 Å². The van der Waals surface area contributed by atoms with Crippen molar-refractivity contribution in [3.05, 3.63) is 21.9 Å². The van der Waals surface area contributed by atoms with Gasteiger partial charge in [-0.25, -0.2) is 0 Å². The summed E-state index contributed by atoms with van der Waals surface area (Å²) in [5.41, 5.74) is 5.58. The smallest absolute Gasteiger partial charge is 0.346 e. The van der Waals surface area contributed by atoms with E-state index in [0.717, 1.165) is 0 Å². The number of hydrogen-bond acceptors (Lipinski definition) is 5. The first-order valence-electron chi connectivity index (χ1n) is 4.15. The van der Waals surface area contributed by atoms with Crippen molar-refractivity contribution in [2.24, 2.45) is 5.73 Å². The fourth-order valence-corrected chi connectivity index (χ4v) is 1.26. The number of aromatic nitrogens is 2. The number of rotatable bonds is 5. The number of nitrogens with two attached hydrogens (primary N) is 1. The zero-order valence-electron chi connectivity index (χ0n) is 7.71.